The van der Waals surface area contributed by atoms with Crippen molar-refractivity contribution in [2.75, 3.05) is 0 Å². The summed E-state index contributed by atoms with van der Waals surface area (Å²) in [5.74, 6) is 0.774. The monoisotopic (exact) mass is 258 g/mol. The van der Waals surface area contributed by atoms with E-state index in [1.165, 1.54) is 6.20 Å². The molecule has 2 aromatic heterocycles. The predicted octanol–water partition coefficient (Wildman–Crippen LogP) is 2.79. The average Bonchev–Trinajstić information content (AvgIpc) is 2.71. The molecule has 0 radical (unpaired) electrons. The maximum atomic E-state index is 5.85. The number of ether oxygens (including phenoxy) is 1. The summed E-state index contributed by atoms with van der Waals surface area (Å²) in [6.07, 6.45) is 4.71. The highest BCUT2D eigenvalue weighted by Gasteiger charge is 2.08. The summed E-state index contributed by atoms with van der Waals surface area (Å²) in [5, 5.41) is 4.44. The first-order valence-electron chi connectivity index (χ1n) is 4.57. The summed E-state index contributed by atoms with van der Waals surface area (Å²) in [5.41, 5.74) is 0. The Morgan fingerprint density at radius 2 is 2.19 bits per heavy atom. The van der Waals surface area contributed by atoms with E-state index in [4.69, 9.17) is 27.9 Å². The Hall–Kier alpha value is -1.33. The number of aromatic nitrogens is 4. The first kappa shape index (κ1) is 11.2. The zero-order valence-electron chi connectivity index (χ0n) is 8.39. The van der Waals surface area contributed by atoms with E-state index in [0.29, 0.717) is 10.8 Å². The molecule has 0 unspecified atom stereocenters. The van der Waals surface area contributed by atoms with Gasteiger partial charge in [-0.05, 0) is 18.5 Å². The molecule has 0 spiro atoms. The minimum absolute atomic E-state index is 0.0854. The first-order chi connectivity index (χ1) is 7.69. The highest BCUT2D eigenvalue weighted by Crippen LogP contribution is 2.26. The minimum atomic E-state index is 0.0854. The molecular formula is C9H8Cl2N4O. The van der Waals surface area contributed by atoms with Crippen LogP contribution in [0.3, 0.4) is 0 Å². The van der Waals surface area contributed by atoms with Gasteiger partial charge in [0.05, 0.1) is 18.6 Å². The molecule has 5 nitrogen and oxygen atoms in total. The molecule has 2 aromatic rings. The van der Waals surface area contributed by atoms with Gasteiger partial charge in [-0.3, -0.25) is 4.68 Å². The Kier molecular flexibility index (Phi) is 3.26. The molecule has 0 saturated carbocycles. The van der Waals surface area contributed by atoms with Gasteiger partial charge in [-0.1, -0.05) is 11.6 Å². The third-order valence-corrected chi connectivity index (χ3v) is 2.27. The van der Waals surface area contributed by atoms with Crippen LogP contribution in [-0.4, -0.2) is 19.7 Å². The van der Waals surface area contributed by atoms with Crippen LogP contribution in [0.5, 0.6) is 11.6 Å². The van der Waals surface area contributed by atoms with Crippen molar-refractivity contribution in [3.63, 3.8) is 0 Å². The molecule has 2 heterocycles. The number of hydrogen-bond acceptors (Lipinski definition) is 4. The summed E-state index contributed by atoms with van der Waals surface area (Å²) in [6.45, 7) is 2.74. The SMILES string of the molecule is CCn1cc(Oc2nc(Cl)ncc2Cl)cn1. The van der Waals surface area contributed by atoms with Gasteiger partial charge in [-0.25, -0.2) is 4.98 Å². The molecule has 0 bridgehead atoms. The molecule has 0 N–H and O–H groups in total. The van der Waals surface area contributed by atoms with E-state index in [9.17, 15) is 0 Å². The summed E-state index contributed by atoms with van der Waals surface area (Å²) in [6, 6.07) is 0. The van der Waals surface area contributed by atoms with Crippen molar-refractivity contribution in [1.29, 1.82) is 0 Å². The van der Waals surface area contributed by atoms with E-state index in [1.807, 2.05) is 6.92 Å². The van der Waals surface area contributed by atoms with Gasteiger partial charge in [-0.2, -0.15) is 10.1 Å². The zero-order valence-corrected chi connectivity index (χ0v) is 9.90. The van der Waals surface area contributed by atoms with E-state index in [0.717, 1.165) is 6.54 Å². The Morgan fingerprint density at radius 3 is 2.88 bits per heavy atom. The molecule has 0 aliphatic carbocycles. The van der Waals surface area contributed by atoms with E-state index < -0.39 is 0 Å². The third kappa shape index (κ3) is 2.43. The molecule has 0 saturated heterocycles. The lowest BCUT2D eigenvalue weighted by Gasteiger charge is -2.02. The van der Waals surface area contributed by atoms with Gasteiger partial charge < -0.3 is 4.74 Å². The quantitative estimate of drug-likeness (QED) is 0.795. The van der Waals surface area contributed by atoms with Crippen LogP contribution in [0.1, 0.15) is 6.92 Å². The molecular weight excluding hydrogens is 251 g/mol. The van der Waals surface area contributed by atoms with Crippen molar-refractivity contribution < 1.29 is 4.74 Å². The predicted molar refractivity (Wildman–Crippen MR) is 60.0 cm³/mol. The molecule has 0 aliphatic rings. The Labute approximate surface area is 102 Å². The van der Waals surface area contributed by atoms with E-state index in [-0.39, 0.29) is 11.2 Å². The second-order valence-corrected chi connectivity index (χ2v) is 3.67. The summed E-state index contributed by atoms with van der Waals surface area (Å²) in [7, 11) is 0. The van der Waals surface area contributed by atoms with Crippen LogP contribution in [0.4, 0.5) is 0 Å². The third-order valence-electron chi connectivity index (χ3n) is 1.83. The van der Waals surface area contributed by atoms with Gasteiger partial charge in [0, 0.05) is 6.54 Å². The second kappa shape index (κ2) is 4.67. The fourth-order valence-corrected chi connectivity index (χ4v) is 1.34. The van der Waals surface area contributed by atoms with Crippen molar-refractivity contribution in [2.45, 2.75) is 13.5 Å². The van der Waals surface area contributed by atoms with Gasteiger partial charge >= 0.3 is 0 Å². The van der Waals surface area contributed by atoms with Crippen LogP contribution in [0, 0.1) is 0 Å². The molecule has 2 rings (SSSR count). The van der Waals surface area contributed by atoms with E-state index in [1.54, 1.807) is 17.1 Å². The number of halogens is 2. The smallest absolute Gasteiger partial charge is 0.242 e. The summed E-state index contributed by atoms with van der Waals surface area (Å²) in [4.78, 5) is 7.59. The van der Waals surface area contributed by atoms with Crippen LogP contribution in [0.2, 0.25) is 10.3 Å². The van der Waals surface area contributed by atoms with Crippen LogP contribution >= 0.6 is 23.2 Å². The topological polar surface area (TPSA) is 52.8 Å². The van der Waals surface area contributed by atoms with Crippen molar-refractivity contribution >= 4 is 23.2 Å². The standard InChI is InChI=1S/C9H8Cl2N4O/c1-2-15-5-6(3-13-15)16-8-7(10)4-12-9(11)14-8/h3-5H,2H2,1H3. The van der Waals surface area contributed by atoms with Gasteiger partial charge in [0.15, 0.2) is 5.75 Å². The fraction of sp³-hybridized carbons (Fsp3) is 0.222. The zero-order chi connectivity index (χ0) is 11.5. The molecule has 84 valence electrons. The van der Waals surface area contributed by atoms with Crippen molar-refractivity contribution in [2.24, 2.45) is 0 Å². The first-order valence-corrected chi connectivity index (χ1v) is 5.33. The number of rotatable bonds is 3. The lowest BCUT2D eigenvalue weighted by molar-refractivity contribution is 0.460. The van der Waals surface area contributed by atoms with Crippen LogP contribution in [-0.2, 0) is 6.54 Å². The van der Waals surface area contributed by atoms with Gasteiger partial charge in [0.25, 0.3) is 0 Å². The molecule has 0 aliphatic heterocycles. The number of hydrogen-bond donors (Lipinski definition) is 0. The molecule has 0 amide bonds. The van der Waals surface area contributed by atoms with Crippen LogP contribution in [0.15, 0.2) is 18.6 Å². The van der Waals surface area contributed by atoms with Crippen molar-refractivity contribution in [3.8, 4) is 11.6 Å². The second-order valence-electron chi connectivity index (χ2n) is 2.93. The average molecular weight is 259 g/mol. The molecule has 7 heteroatoms. The lowest BCUT2D eigenvalue weighted by Crippen LogP contribution is -1.93. The number of nitrogens with zero attached hydrogens (tertiary/aromatic N) is 4. The molecule has 16 heavy (non-hydrogen) atoms. The summed E-state index contributed by atoms with van der Waals surface area (Å²) >= 11 is 11.5. The Bertz CT molecular complexity index is 500. The summed E-state index contributed by atoms with van der Waals surface area (Å²) < 4.78 is 7.15. The van der Waals surface area contributed by atoms with Crippen molar-refractivity contribution in [1.82, 2.24) is 19.7 Å². The van der Waals surface area contributed by atoms with Crippen LogP contribution < -0.4 is 4.74 Å². The lowest BCUT2D eigenvalue weighted by atomic mass is 10.6. The van der Waals surface area contributed by atoms with Crippen molar-refractivity contribution in [3.05, 3.63) is 28.9 Å². The van der Waals surface area contributed by atoms with Gasteiger partial charge in [-0.15, -0.1) is 0 Å². The maximum absolute atomic E-state index is 5.85. The maximum Gasteiger partial charge on any atom is 0.242 e. The van der Waals surface area contributed by atoms with E-state index in [2.05, 4.69) is 15.1 Å². The Morgan fingerprint density at radius 1 is 1.38 bits per heavy atom. The van der Waals surface area contributed by atoms with E-state index >= 15 is 0 Å². The highest BCUT2D eigenvalue weighted by molar-refractivity contribution is 6.32. The normalized spacial score (nSPS) is 10.4. The minimum Gasteiger partial charge on any atom is -0.434 e. The van der Waals surface area contributed by atoms with Gasteiger partial charge in [0.2, 0.25) is 11.2 Å². The molecule has 0 fully saturated rings. The number of aryl methyl sites for hydroxylation is 1. The van der Waals surface area contributed by atoms with Gasteiger partial charge in [0.1, 0.15) is 5.02 Å². The molecule has 0 atom stereocenters. The highest BCUT2D eigenvalue weighted by atomic mass is 35.5. The molecule has 0 aromatic carbocycles. The largest absolute Gasteiger partial charge is 0.434 e. The Balaban J connectivity index is 2.22. The van der Waals surface area contributed by atoms with Crippen LogP contribution in [0.25, 0.3) is 0 Å². The fourth-order valence-electron chi connectivity index (χ4n) is 1.08.